The Morgan fingerprint density at radius 3 is 2.42 bits per heavy atom. The van der Waals surface area contributed by atoms with Crippen LogP contribution in [-0.4, -0.2) is 26.2 Å². The van der Waals surface area contributed by atoms with Crippen molar-refractivity contribution in [1.82, 2.24) is 0 Å². The fourth-order valence-electron chi connectivity index (χ4n) is 3.81. The van der Waals surface area contributed by atoms with E-state index < -0.39 is 0 Å². The SMILES string of the molecule is COc1ccccc1NC(=O)Nc1c(C)cc(C)c(N2CCCC2)c1C. The molecular weight excluding hydrogens is 326 g/mol. The number of carbonyl (C=O) groups is 1. The van der Waals surface area contributed by atoms with Crippen molar-refractivity contribution in [2.45, 2.75) is 33.6 Å². The second-order valence-electron chi connectivity index (χ2n) is 6.83. The predicted molar refractivity (Wildman–Crippen MR) is 108 cm³/mol. The van der Waals surface area contributed by atoms with Crippen LogP contribution in [0.2, 0.25) is 0 Å². The molecule has 26 heavy (non-hydrogen) atoms. The number of para-hydroxylation sites is 2. The van der Waals surface area contributed by atoms with Gasteiger partial charge in [-0.25, -0.2) is 4.79 Å². The van der Waals surface area contributed by atoms with Crippen molar-refractivity contribution in [1.29, 1.82) is 0 Å². The zero-order valence-electron chi connectivity index (χ0n) is 16.0. The highest BCUT2D eigenvalue weighted by Gasteiger charge is 2.20. The zero-order chi connectivity index (χ0) is 18.7. The monoisotopic (exact) mass is 353 g/mol. The van der Waals surface area contributed by atoms with Gasteiger partial charge in [-0.1, -0.05) is 18.2 Å². The molecule has 1 heterocycles. The summed E-state index contributed by atoms with van der Waals surface area (Å²) >= 11 is 0. The largest absolute Gasteiger partial charge is 0.495 e. The van der Waals surface area contributed by atoms with E-state index in [2.05, 4.69) is 35.4 Å². The molecule has 3 rings (SSSR count). The van der Waals surface area contributed by atoms with Gasteiger partial charge in [-0.3, -0.25) is 0 Å². The summed E-state index contributed by atoms with van der Waals surface area (Å²) in [6, 6.07) is 9.27. The molecule has 1 saturated heterocycles. The maximum atomic E-state index is 12.6. The fraction of sp³-hybridized carbons (Fsp3) is 0.381. The minimum absolute atomic E-state index is 0.267. The summed E-state index contributed by atoms with van der Waals surface area (Å²) in [6.45, 7) is 8.43. The van der Waals surface area contributed by atoms with Crippen molar-refractivity contribution in [3.05, 3.63) is 47.0 Å². The number of methoxy groups -OCH3 is 1. The number of anilines is 3. The van der Waals surface area contributed by atoms with E-state index in [4.69, 9.17) is 4.74 Å². The molecular formula is C21H27N3O2. The van der Waals surface area contributed by atoms with Crippen LogP contribution in [0, 0.1) is 20.8 Å². The molecule has 5 heteroatoms. The lowest BCUT2D eigenvalue weighted by atomic mass is 10.0. The van der Waals surface area contributed by atoms with Crippen molar-refractivity contribution in [2.75, 3.05) is 35.7 Å². The number of hydrogen-bond donors (Lipinski definition) is 2. The number of ether oxygens (including phenoxy) is 1. The Bertz CT molecular complexity index is 811. The van der Waals surface area contributed by atoms with Gasteiger partial charge in [0.05, 0.1) is 18.5 Å². The Morgan fingerprint density at radius 1 is 1.04 bits per heavy atom. The van der Waals surface area contributed by atoms with Crippen LogP contribution in [0.25, 0.3) is 0 Å². The summed E-state index contributed by atoms with van der Waals surface area (Å²) in [5, 5.41) is 5.92. The average Bonchev–Trinajstić information content (AvgIpc) is 3.13. The first-order valence-corrected chi connectivity index (χ1v) is 9.08. The summed E-state index contributed by atoms with van der Waals surface area (Å²) in [5.41, 5.74) is 6.23. The molecule has 1 aliphatic rings. The number of carbonyl (C=O) groups excluding carboxylic acids is 1. The van der Waals surface area contributed by atoms with Gasteiger partial charge in [-0.15, -0.1) is 0 Å². The van der Waals surface area contributed by atoms with Crippen LogP contribution < -0.4 is 20.3 Å². The summed E-state index contributed by atoms with van der Waals surface area (Å²) in [5.74, 6) is 0.637. The second kappa shape index (κ2) is 7.68. The van der Waals surface area contributed by atoms with Crippen LogP contribution >= 0.6 is 0 Å². The Kier molecular flexibility index (Phi) is 5.35. The summed E-state index contributed by atoms with van der Waals surface area (Å²) in [6.07, 6.45) is 2.45. The van der Waals surface area contributed by atoms with E-state index in [0.29, 0.717) is 11.4 Å². The third-order valence-corrected chi connectivity index (χ3v) is 4.95. The molecule has 2 aromatic rings. The number of nitrogens with one attached hydrogen (secondary N) is 2. The van der Waals surface area contributed by atoms with Gasteiger partial charge in [0.1, 0.15) is 5.75 Å². The lowest BCUT2D eigenvalue weighted by Crippen LogP contribution is -2.24. The van der Waals surface area contributed by atoms with Crippen molar-refractivity contribution in [3.63, 3.8) is 0 Å². The lowest BCUT2D eigenvalue weighted by molar-refractivity contribution is 0.262. The lowest BCUT2D eigenvalue weighted by Gasteiger charge is -2.26. The molecule has 0 aromatic heterocycles. The van der Waals surface area contributed by atoms with Gasteiger partial charge in [0.2, 0.25) is 0 Å². The van der Waals surface area contributed by atoms with Crippen molar-refractivity contribution >= 4 is 23.1 Å². The van der Waals surface area contributed by atoms with E-state index in [-0.39, 0.29) is 6.03 Å². The third-order valence-electron chi connectivity index (χ3n) is 4.95. The molecule has 0 radical (unpaired) electrons. The molecule has 5 nitrogen and oxygen atoms in total. The van der Waals surface area contributed by atoms with Gasteiger partial charge in [0.25, 0.3) is 0 Å². The number of amides is 2. The third kappa shape index (κ3) is 3.62. The van der Waals surface area contributed by atoms with Gasteiger partial charge in [0, 0.05) is 18.8 Å². The van der Waals surface area contributed by atoms with Crippen LogP contribution in [0.3, 0.4) is 0 Å². The number of benzene rings is 2. The normalized spacial score (nSPS) is 13.6. The molecule has 0 aliphatic carbocycles. The molecule has 2 N–H and O–H groups in total. The summed E-state index contributed by atoms with van der Waals surface area (Å²) in [4.78, 5) is 15.0. The number of hydrogen-bond acceptors (Lipinski definition) is 3. The van der Waals surface area contributed by atoms with E-state index >= 15 is 0 Å². The zero-order valence-corrected chi connectivity index (χ0v) is 16.0. The van der Waals surface area contributed by atoms with Crippen LogP contribution in [0.1, 0.15) is 29.5 Å². The first-order valence-electron chi connectivity index (χ1n) is 9.08. The molecule has 138 valence electrons. The highest BCUT2D eigenvalue weighted by molar-refractivity contribution is 6.02. The average molecular weight is 353 g/mol. The predicted octanol–water partition coefficient (Wildman–Crippen LogP) is 4.86. The van der Waals surface area contributed by atoms with E-state index in [1.165, 1.54) is 24.1 Å². The highest BCUT2D eigenvalue weighted by atomic mass is 16.5. The maximum Gasteiger partial charge on any atom is 0.323 e. The van der Waals surface area contributed by atoms with Crippen molar-refractivity contribution in [2.24, 2.45) is 0 Å². The van der Waals surface area contributed by atoms with E-state index in [1.54, 1.807) is 7.11 Å². The van der Waals surface area contributed by atoms with Gasteiger partial charge >= 0.3 is 6.03 Å². The van der Waals surface area contributed by atoms with Crippen LogP contribution in [-0.2, 0) is 0 Å². The van der Waals surface area contributed by atoms with Crippen LogP contribution in [0.4, 0.5) is 21.9 Å². The van der Waals surface area contributed by atoms with Crippen LogP contribution in [0.5, 0.6) is 5.75 Å². The van der Waals surface area contributed by atoms with E-state index in [0.717, 1.165) is 29.9 Å². The molecule has 2 aromatic carbocycles. The van der Waals surface area contributed by atoms with Gasteiger partial charge < -0.3 is 20.3 Å². The highest BCUT2D eigenvalue weighted by Crippen LogP contribution is 2.35. The minimum Gasteiger partial charge on any atom is -0.495 e. The molecule has 2 amide bonds. The van der Waals surface area contributed by atoms with Gasteiger partial charge in [-0.05, 0) is 62.4 Å². The Morgan fingerprint density at radius 2 is 1.73 bits per heavy atom. The first kappa shape index (κ1) is 18.1. The molecule has 1 aliphatic heterocycles. The number of rotatable bonds is 4. The smallest absolute Gasteiger partial charge is 0.323 e. The number of aryl methyl sites for hydroxylation is 2. The van der Waals surface area contributed by atoms with Gasteiger partial charge in [-0.2, -0.15) is 0 Å². The molecule has 0 bridgehead atoms. The van der Waals surface area contributed by atoms with Crippen molar-refractivity contribution in [3.8, 4) is 5.75 Å². The summed E-state index contributed by atoms with van der Waals surface area (Å²) in [7, 11) is 1.59. The molecule has 0 saturated carbocycles. The maximum absolute atomic E-state index is 12.6. The topological polar surface area (TPSA) is 53.6 Å². The van der Waals surface area contributed by atoms with E-state index in [9.17, 15) is 4.79 Å². The second-order valence-corrected chi connectivity index (χ2v) is 6.83. The first-order chi connectivity index (χ1) is 12.5. The molecule has 0 spiro atoms. The summed E-state index contributed by atoms with van der Waals surface area (Å²) < 4.78 is 5.30. The number of urea groups is 1. The van der Waals surface area contributed by atoms with E-state index in [1.807, 2.05) is 31.2 Å². The Labute approximate surface area is 155 Å². The van der Waals surface area contributed by atoms with Crippen molar-refractivity contribution < 1.29 is 9.53 Å². The Balaban J connectivity index is 1.85. The molecule has 0 atom stereocenters. The molecule has 0 unspecified atom stereocenters. The standard InChI is InChI=1S/C21H27N3O2/c1-14-13-15(2)20(24-11-7-8-12-24)16(3)19(14)23-21(25)22-17-9-5-6-10-18(17)26-4/h5-6,9-10,13H,7-8,11-12H2,1-4H3,(H2,22,23,25). The number of nitrogens with zero attached hydrogens (tertiary/aromatic N) is 1. The Hall–Kier alpha value is -2.69. The minimum atomic E-state index is -0.267. The molecule has 1 fully saturated rings. The van der Waals surface area contributed by atoms with Gasteiger partial charge in [0.15, 0.2) is 0 Å². The quantitative estimate of drug-likeness (QED) is 0.825. The fourth-order valence-corrected chi connectivity index (χ4v) is 3.81. The van der Waals surface area contributed by atoms with Crippen LogP contribution in [0.15, 0.2) is 30.3 Å².